The average molecular weight is 364 g/mol. The number of nitro groups is 1. The topological polar surface area (TPSA) is 99.3 Å². The van der Waals surface area contributed by atoms with E-state index in [1.165, 1.54) is 6.07 Å². The molecule has 0 aliphatic carbocycles. The van der Waals surface area contributed by atoms with Gasteiger partial charge in [-0.2, -0.15) is 5.10 Å². The van der Waals surface area contributed by atoms with Gasteiger partial charge in [0, 0.05) is 17.2 Å². The molecule has 3 aromatic rings. The molecule has 1 aromatic heterocycles. The van der Waals surface area contributed by atoms with E-state index in [4.69, 9.17) is 4.74 Å². The maximum absolute atomic E-state index is 12.5. The molecule has 1 aliphatic heterocycles. The van der Waals surface area contributed by atoms with Gasteiger partial charge in [0.05, 0.1) is 28.1 Å². The average Bonchev–Trinajstić information content (AvgIpc) is 3.06. The number of carbonyl (C=O) groups excluding carboxylic acids is 1. The van der Waals surface area contributed by atoms with Gasteiger partial charge in [0.2, 0.25) is 5.91 Å². The van der Waals surface area contributed by atoms with Crippen molar-refractivity contribution in [2.45, 2.75) is 20.1 Å². The minimum atomic E-state index is -0.466. The van der Waals surface area contributed by atoms with Gasteiger partial charge in [-0.05, 0) is 25.1 Å². The van der Waals surface area contributed by atoms with Gasteiger partial charge >= 0.3 is 0 Å². The molecule has 0 radical (unpaired) electrons. The molecule has 2 aromatic carbocycles. The van der Waals surface area contributed by atoms with E-state index in [2.05, 4.69) is 10.4 Å². The second-order valence-electron chi connectivity index (χ2n) is 6.22. The van der Waals surface area contributed by atoms with Gasteiger partial charge in [0.25, 0.3) is 5.69 Å². The van der Waals surface area contributed by atoms with Gasteiger partial charge < -0.3 is 10.1 Å². The predicted octanol–water partition coefficient (Wildman–Crippen LogP) is 3.30. The lowest BCUT2D eigenvalue weighted by atomic mass is 10.0. The van der Waals surface area contributed by atoms with Crippen LogP contribution in [-0.4, -0.2) is 20.6 Å². The van der Waals surface area contributed by atoms with Crippen molar-refractivity contribution in [3.05, 3.63) is 69.9 Å². The molecule has 0 fully saturated rings. The quantitative estimate of drug-likeness (QED) is 0.566. The highest BCUT2D eigenvalue weighted by atomic mass is 16.6. The predicted molar refractivity (Wildman–Crippen MR) is 98.5 cm³/mol. The minimum Gasteiger partial charge on any atom is -0.488 e. The molecular weight excluding hydrogens is 348 g/mol. The molecule has 1 amide bonds. The van der Waals surface area contributed by atoms with Gasteiger partial charge in [0.1, 0.15) is 18.9 Å². The SMILES string of the molecule is Cc1c(NC(=O)Cn2ncc3c2-c2ccccc2OC3)cccc1[N+](=O)[O-]. The van der Waals surface area contributed by atoms with Gasteiger partial charge in [-0.15, -0.1) is 0 Å². The van der Waals surface area contributed by atoms with Crippen LogP contribution in [0.25, 0.3) is 11.3 Å². The smallest absolute Gasteiger partial charge is 0.274 e. The van der Waals surface area contributed by atoms with E-state index in [1.54, 1.807) is 29.9 Å². The van der Waals surface area contributed by atoms with Crippen LogP contribution in [0.2, 0.25) is 0 Å². The summed E-state index contributed by atoms with van der Waals surface area (Å²) in [5.41, 5.74) is 3.44. The summed E-state index contributed by atoms with van der Waals surface area (Å²) in [6.45, 7) is 2.00. The number of hydrogen-bond acceptors (Lipinski definition) is 5. The van der Waals surface area contributed by atoms with E-state index in [0.717, 1.165) is 22.6 Å². The summed E-state index contributed by atoms with van der Waals surface area (Å²) in [5.74, 6) is 0.440. The normalized spacial score (nSPS) is 11.9. The third-order valence-corrected chi connectivity index (χ3v) is 4.51. The molecule has 8 nitrogen and oxygen atoms in total. The fraction of sp³-hybridized carbons (Fsp3) is 0.158. The molecule has 0 saturated heterocycles. The Morgan fingerprint density at radius 2 is 2.11 bits per heavy atom. The third kappa shape index (κ3) is 3.01. The largest absolute Gasteiger partial charge is 0.488 e. The number of fused-ring (bicyclic) bond motifs is 3. The van der Waals surface area contributed by atoms with Crippen LogP contribution in [0.15, 0.2) is 48.7 Å². The van der Waals surface area contributed by atoms with Crippen molar-refractivity contribution in [1.82, 2.24) is 9.78 Å². The summed E-state index contributed by atoms with van der Waals surface area (Å²) in [6.07, 6.45) is 1.69. The fourth-order valence-corrected chi connectivity index (χ4v) is 3.19. The number of amides is 1. The number of carbonyl (C=O) groups is 1. The van der Waals surface area contributed by atoms with E-state index >= 15 is 0 Å². The van der Waals surface area contributed by atoms with Gasteiger partial charge in [-0.1, -0.05) is 18.2 Å². The summed E-state index contributed by atoms with van der Waals surface area (Å²) < 4.78 is 7.32. The molecule has 0 spiro atoms. The number of nitrogens with zero attached hydrogens (tertiary/aromatic N) is 3. The Balaban J connectivity index is 1.59. The first-order valence-corrected chi connectivity index (χ1v) is 8.35. The molecule has 0 unspecified atom stereocenters. The van der Waals surface area contributed by atoms with Crippen molar-refractivity contribution in [1.29, 1.82) is 0 Å². The molecule has 0 saturated carbocycles. The van der Waals surface area contributed by atoms with Crippen molar-refractivity contribution in [2.75, 3.05) is 5.32 Å². The maximum Gasteiger partial charge on any atom is 0.274 e. The molecule has 136 valence electrons. The highest BCUT2D eigenvalue weighted by Gasteiger charge is 2.23. The van der Waals surface area contributed by atoms with Crippen LogP contribution in [0.1, 0.15) is 11.1 Å². The Morgan fingerprint density at radius 3 is 2.93 bits per heavy atom. The molecule has 0 bridgehead atoms. The summed E-state index contributed by atoms with van der Waals surface area (Å²) in [5, 5.41) is 18.1. The van der Waals surface area contributed by atoms with E-state index in [9.17, 15) is 14.9 Å². The number of benzene rings is 2. The van der Waals surface area contributed by atoms with Crippen molar-refractivity contribution >= 4 is 17.3 Å². The maximum atomic E-state index is 12.5. The van der Waals surface area contributed by atoms with E-state index < -0.39 is 4.92 Å². The molecule has 0 atom stereocenters. The van der Waals surface area contributed by atoms with Crippen LogP contribution in [-0.2, 0) is 17.9 Å². The molecule has 1 N–H and O–H groups in total. The number of nitro benzene ring substituents is 1. The lowest BCUT2D eigenvalue weighted by molar-refractivity contribution is -0.385. The standard InChI is InChI=1S/C19H16N4O4/c1-12-15(6-4-7-16(12)23(25)26)21-18(24)10-22-19-13(9-20-22)11-27-17-8-3-2-5-14(17)19/h2-9H,10-11H2,1H3,(H,21,24). The number of anilines is 1. The molecule has 4 rings (SSSR count). The number of rotatable bonds is 4. The summed E-state index contributed by atoms with van der Waals surface area (Å²) in [4.78, 5) is 23.1. The van der Waals surface area contributed by atoms with Gasteiger partial charge in [-0.25, -0.2) is 0 Å². The zero-order chi connectivity index (χ0) is 19.0. The first-order chi connectivity index (χ1) is 13.0. The third-order valence-electron chi connectivity index (χ3n) is 4.51. The minimum absolute atomic E-state index is 0.00814. The number of nitrogens with one attached hydrogen (secondary N) is 1. The number of hydrogen-bond donors (Lipinski definition) is 1. The Morgan fingerprint density at radius 1 is 1.30 bits per heavy atom. The van der Waals surface area contributed by atoms with Crippen LogP contribution in [0, 0.1) is 17.0 Å². The van der Waals surface area contributed by atoms with Crippen molar-refractivity contribution in [2.24, 2.45) is 0 Å². The first kappa shape index (κ1) is 16.8. The van der Waals surface area contributed by atoms with Crippen LogP contribution in [0.5, 0.6) is 5.75 Å². The fourth-order valence-electron chi connectivity index (χ4n) is 3.19. The second kappa shape index (κ2) is 6.56. The summed E-state index contributed by atoms with van der Waals surface area (Å²) in [6, 6.07) is 12.2. The highest BCUT2D eigenvalue weighted by Crippen LogP contribution is 2.37. The molecule has 27 heavy (non-hydrogen) atoms. The Kier molecular flexibility index (Phi) is 4.08. The monoisotopic (exact) mass is 364 g/mol. The number of aromatic nitrogens is 2. The Hall–Kier alpha value is -3.68. The lowest BCUT2D eigenvalue weighted by Crippen LogP contribution is -2.21. The van der Waals surface area contributed by atoms with E-state index in [-0.39, 0.29) is 18.1 Å². The molecule has 1 aliphatic rings. The van der Waals surface area contributed by atoms with Crippen LogP contribution in [0.3, 0.4) is 0 Å². The van der Waals surface area contributed by atoms with Crippen LogP contribution < -0.4 is 10.1 Å². The second-order valence-corrected chi connectivity index (χ2v) is 6.22. The van der Waals surface area contributed by atoms with Crippen molar-refractivity contribution in [3.8, 4) is 17.0 Å². The lowest BCUT2D eigenvalue weighted by Gasteiger charge is -2.19. The number of para-hydroxylation sites is 1. The Bertz CT molecular complexity index is 1060. The van der Waals surface area contributed by atoms with E-state index in [0.29, 0.717) is 17.9 Å². The highest BCUT2D eigenvalue weighted by molar-refractivity contribution is 5.92. The Labute approximate surface area is 154 Å². The first-order valence-electron chi connectivity index (χ1n) is 8.35. The molecule has 2 heterocycles. The molecule has 8 heteroatoms. The van der Waals surface area contributed by atoms with E-state index in [1.807, 2.05) is 24.3 Å². The molecular formula is C19H16N4O4. The zero-order valence-corrected chi connectivity index (χ0v) is 14.5. The van der Waals surface area contributed by atoms with Gasteiger partial charge in [-0.3, -0.25) is 19.6 Å². The van der Waals surface area contributed by atoms with Gasteiger partial charge in [0.15, 0.2) is 0 Å². The van der Waals surface area contributed by atoms with Crippen molar-refractivity contribution < 1.29 is 14.5 Å². The zero-order valence-electron chi connectivity index (χ0n) is 14.5. The van der Waals surface area contributed by atoms with Crippen molar-refractivity contribution in [3.63, 3.8) is 0 Å². The van der Waals surface area contributed by atoms with Crippen LogP contribution in [0.4, 0.5) is 11.4 Å². The number of ether oxygens (including phenoxy) is 1. The summed E-state index contributed by atoms with van der Waals surface area (Å²) >= 11 is 0. The summed E-state index contributed by atoms with van der Waals surface area (Å²) in [7, 11) is 0. The van der Waals surface area contributed by atoms with Crippen LogP contribution >= 0.6 is 0 Å².